The van der Waals surface area contributed by atoms with Gasteiger partial charge in [-0.05, 0) is 6.26 Å². The lowest BCUT2D eigenvalue weighted by molar-refractivity contribution is -0.157. The van der Waals surface area contributed by atoms with Crippen LogP contribution in [0.4, 0.5) is 0 Å². The molecule has 12 heavy (non-hydrogen) atoms. The molecule has 0 amide bonds. The van der Waals surface area contributed by atoms with Crippen molar-refractivity contribution in [1.82, 2.24) is 0 Å². The minimum Gasteiger partial charge on any atom is -0.480 e. The van der Waals surface area contributed by atoms with Crippen molar-refractivity contribution in [2.75, 3.05) is 12.0 Å². The van der Waals surface area contributed by atoms with Crippen LogP contribution in [0.2, 0.25) is 0 Å². The van der Waals surface area contributed by atoms with Gasteiger partial charge in [-0.15, -0.1) is 0 Å². The van der Waals surface area contributed by atoms with Crippen LogP contribution in [0.25, 0.3) is 0 Å². The molecule has 0 aliphatic rings. The molecule has 0 aromatic heterocycles. The minimum atomic E-state index is -1.92. The van der Waals surface area contributed by atoms with Gasteiger partial charge in [-0.25, -0.2) is 0 Å². The highest BCUT2D eigenvalue weighted by atomic mass is 32.2. The normalized spacial score (nSPS) is 9.83. The molecule has 0 fully saturated rings. The van der Waals surface area contributed by atoms with Crippen LogP contribution in [0.15, 0.2) is 0 Å². The summed E-state index contributed by atoms with van der Waals surface area (Å²) in [6.07, 6.45) is 1.60. The summed E-state index contributed by atoms with van der Waals surface area (Å²) >= 11 is 1.10. The number of hydrogen-bond acceptors (Lipinski definition) is 4. The predicted molar refractivity (Wildman–Crippen MR) is 42.2 cm³/mol. The van der Waals surface area contributed by atoms with Gasteiger partial charge in [0.1, 0.15) is 0 Å². The van der Waals surface area contributed by atoms with Crippen molar-refractivity contribution in [2.24, 2.45) is 5.92 Å². The maximum Gasteiger partial charge on any atom is 0.325 e. The van der Waals surface area contributed by atoms with Gasteiger partial charge < -0.3 is 10.2 Å². The molecule has 0 aromatic rings. The van der Waals surface area contributed by atoms with Gasteiger partial charge in [-0.3, -0.25) is 14.4 Å². The van der Waals surface area contributed by atoms with Crippen molar-refractivity contribution in [3.63, 3.8) is 0 Å². The summed E-state index contributed by atoms with van der Waals surface area (Å²) in [5.74, 6) is -6.02. The van der Waals surface area contributed by atoms with Crippen molar-refractivity contribution in [1.29, 1.82) is 0 Å². The van der Waals surface area contributed by atoms with E-state index in [1.54, 1.807) is 6.26 Å². The zero-order valence-electron chi connectivity index (χ0n) is 6.31. The van der Waals surface area contributed by atoms with Crippen LogP contribution >= 0.6 is 11.8 Å². The molecule has 0 aliphatic carbocycles. The Labute approximate surface area is 72.8 Å². The van der Waals surface area contributed by atoms with Gasteiger partial charge in [-0.2, -0.15) is 11.8 Å². The molecule has 0 aromatic carbocycles. The van der Waals surface area contributed by atoms with Crippen molar-refractivity contribution in [2.45, 2.75) is 0 Å². The smallest absolute Gasteiger partial charge is 0.325 e. The number of carboxylic acid groups (broad SMARTS) is 2. The summed E-state index contributed by atoms with van der Waals surface area (Å²) in [4.78, 5) is 31.3. The highest BCUT2D eigenvalue weighted by Crippen LogP contribution is 2.04. The summed E-state index contributed by atoms with van der Waals surface area (Å²) in [6.45, 7) is 0. The molecule has 0 spiro atoms. The molecule has 5 nitrogen and oxygen atoms in total. The van der Waals surface area contributed by atoms with E-state index in [0.29, 0.717) is 0 Å². The Morgan fingerprint density at radius 1 is 1.25 bits per heavy atom. The van der Waals surface area contributed by atoms with Gasteiger partial charge in [0.15, 0.2) is 5.78 Å². The number of carbonyl (C=O) groups is 3. The number of ketones is 1. The van der Waals surface area contributed by atoms with Gasteiger partial charge in [0.25, 0.3) is 0 Å². The molecular weight excluding hydrogens is 184 g/mol. The lowest BCUT2D eigenvalue weighted by atomic mass is 10.1. The van der Waals surface area contributed by atoms with Crippen LogP contribution in [-0.4, -0.2) is 39.9 Å². The first-order chi connectivity index (χ1) is 5.50. The highest BCUT2D eigenvalue weighted by Gasteiger charge is 2.32. The topological polar surface area (TPSA) is 91.7 Å². The van der Waals surface area contributed by atoms with E-state index in [2.05, 4.69) is 0 Å². The Hall–Kier alpha value is -1.04. The number of thioether (sulfide) groups is 1. The fourth-order valence-corrected chi connectivity index (χ4v) is 1.06. The molecule has 0 bridgehead atoms. The maximum atomic E-state index is 10.8. The zero-order chi connectivity index (χ0) is 9.72. The summed E-state index contributed by atoms with van der Waals surface area (Å²) in [5, 5.41) is 16.7. The van der Waals surface area contributed by atoms with E-state index in [0.717, 1.165) is 11.8 Å². The van der Waals surface area contributed by atoms with Gasteiger partial charge in [-0.1, -0.05) is 0 Å². The van der Waals surface area contributed by atoms with E-state index in [9.17, 15) is 14.4 Å². The Morgan fingerprint density at radius 3 is 1.92 bits per heavy atom. The van der Waals surface area contributed by atoms with Crippen LogP contribution in [0.3, 0.4) is 0 Å². The van der Waals surface area contributed by atoms with Gasteiger partial charge >= 0.3 is 11.9 Å². The maximum absolute atomic E-state index is 10.8. The summed E-state index contributed by atoms with van der Waals surface area (Å²) in [6, 6.07) is 0. The molecule has 0 unspecified atom stereocenters. The first-order valence-corrected chi connectivity index (χ1v) is 4.37. The van der Waals surface area contributed by atoms with Crippen LogP contribution in [-0.2, 0) is 14.4 Å². The monoisotopic (exact) mass is 192 g/mol. The first kappa shape index (κ1) is 11.0. The second-order valence-corrected chi connectivity index (χ2v) is 2.87. The second-order valence-electron chi connectivity index (χ2n) is 2.01. The average molecular weight is 192 g/mol. The van der Waals surface area contributed by atoms with E-state index in [4.69, 9.17) is 10.2 Å². The first-order valence-electron chi connectivity index (χ1n) is 2.98. The van der Waals surface area contributed by atoms with Gasteiger partial charge in [0.2, 0.25) is 5.92 Å². The zero-order valence-corrected chi connectivity index (χ0v) is 7.13. The fourth-order valence-electron chi connectivity index (χ4n) is 0.607. The van der Waals surface area contributed by atoms with Gasteiger partial charge in [0, 0.05) is 0 Å². The highest BCUT2D eigenvalue weighted by molar-refractivity contribution is 7.99. The number of carbonyl (C=O) groups excluding carboxylic acids is 1. The standard InChI is InChI=1S/C6H8O5S/c1-12-2-3(7)4(5(8)9)6(10)11/h4H,2H2,1H3,(H,8,9)(H,10,11). The molecule has 68 valence electrons. The van der Waals surface area contributed by atoms with E-state index >= 15 is 0 Å². The Balaban J connectivity index is 4.41. The fraction of sp³-hybridized carbons (Fsp3) is 0.500. The number of Topliss-reactive ketones (excluding diaryl/α,β-unsaturated/α-hetero) is 1. The third kappa shape index (κ3) is 2.91. The third-order valence-corrected chi connectivity index (χ3v) is 1.68. The largest absolute Gasteiger partial charge is 0.480 e. The van der Waals surface area contributed by atoms with Crippen molar-refractivity contribution >= 4 is 29.5 Å². The van der Waals surface area contributed by atoms with Gasteiger partial charge in [0.05, 0.1) is 5.75 Å². The van der Waals surface area contributed by atoms with E-state index in [1.165, 1.54) is 0 Å². The van der Waals surface area contributed by atoms with Crippen LogP contribution in [0.5, 0.6) is 0 Å². The quantitative estimate of drug-likeness (QED) is 0.581. The van der Waals surface area contributed by atoms with Crippen LogP contribution in [0.1, 0.15) is 0 Å². The third-order valence-electron chi connectivity index (χ3n) is 1.10. The Morgan fingerprint density at radius 2 is 1.67 bits per heavy atom. The Kier molecular flexibility index (Phi) is 4.35. The molecule has 0 atom stereocenters. The molecule has 0 saturated carbocycles. The lowest BCUT2D eigenvalue weighted by Crippen LogP contribution is -2.32. The Bertz CT molecular complexity index is 198. The minimum absolute atomic E-state index is 0.0940. The number of aliphatic carboxylic acids is 2. The van der Waals surface area contributed by atoms with Crippen molar-refractivity contribution < 1.29 is 24.6 Å². The molecule has 0 radical (unpaired) electrons. The SMILES string of the molecule is CSCC(=O)C(C(=O)O)C(=O)O. The summed E-state index contributed by atoms with van der Waals surface area (Å²) < 4.78 is 0. The molecule has 2 N–H and O–H groups in total. The van der Waals surface area contributed by atoms with Crippen LogP contribution < -0.4 is 0 Å². The molecule has 0 heterocycles. The van der Waals surface area contributed by atoms with Crippen molar-refractivity contribution in [3.05, 3.63) is 0 Å². The van der Waals surface area contributed by atoms with Crippen LogP contribution in [0, 0.1) is 5.92 Å². The number of hydrogen-bond donors (Lipinski definition) is 2. The second kappa shape index (κ2) is 4.76. The van der Waals surface area contributed by atoms with E-state index in [-0.39, 0.29) is 5.75 Å². The molecule has 0 aliphatic heterocycles. The number of carboxylic acids is 2. The average Bonchev–Trinajstić information content (AvgIpc) is 1.85. The molecule has 6 heteroatoms. The van der Waals surface area contributed by atoms with E-state index < -0.39 is 23.6 Å². The number of rotatable bonds is 5. The van der Waals surface area contributed by atoms with E-state index in [1.807, 2.05) is 0 Å². The summed E-state index contributed by atoms with van der Waals surface area (Å²) in [5.41, 5.74) is 0. The summed E-state index contributed by atoms with van der Waals surface area (Å²) in [7, 11) is 0. The predicted octanol–water partition coefficient (Wildman–Crippen LogP) is -0.296. The molecule has 0 saturated heterocycles. The molecule has 0 rings (SSSR count). The lowest BCUT2D eigenvalue weighted by Gasteiger charge is -2.03. The van der Waals surface area contributed by atoms with Crippen molar-refractivity contribution in [3.8, 4) is 0 Å². The molecular formula is C6H8O5S.